The third-order valence-electron chi connectivity index (χ3n) is 2.92. The Balaban J connectivity index is 2.15. The predicted molar refractivity (Wildman–Crippen MR) is 76.1 cm³/mol. The molecule has 1 N–H and O–H groups in total. The van der Waals surface area contributed by atoms with E-state index in [9.17, 15) is 0 Å². The summed E-state index contributed by atoms with van der Waals surface area (Å²) < 4.78 is 5.50. The lowest BCUT2D eigenvalue weighted by atomic mass is 10.1. The maximum Gasteiger partial charge on any atom is 0.129 e. The first-order valence-corrected chi connectivity index (χ1v) is 6.42. The molecule has 2 aromatic rings. The van der Waals surface area contributed by atoms with Crippen LogP contribution in [0.3, 0.4) is 0 Å². The van der Waals surface area contributed by atoms with Crippen LogP contribution in [0, 0.1) is 6.92 Å². The van der Waals surface area contributed by atoms with Gasteiger partial charge in [-0.1, -0.05) is 18.2 Å². The quantitative estimate of drug-likeness (QED) is 0.875. The predicted octanol–water partition coefficient (Wildman–Crippen LogP) is 3.38. The zero-order valence-corrected chi connectivity index (χ0v) is 11.2. The number of para-hydroxylation sites is 1. The Morgan fingerprint density at radius 3 is 2.89 bits per heavy atom. The van der Waals surface area contributed by atoms with Crippen LogP contribution in [0.5, 0.6) is 0 Å². The summed E-state index contributed by atoms with van der Waals surface area (Å²) in [4.78, 5) is 4.64. The Hall–Kier alpha value is -1.61. The average molecular weight is 244 g/mol. The van der Waals surface area contributed by atoms with Crippen molar-refractivity contribution in [3.05, 3.63) is 35.9 Å². The monoisotopic (exact) mass is 244 g/mol. The van der Waals surface area contributed by atoms with Crippen LogP contribution < -0.4 is 5.32 Å². The van der Waals surface area contributed by atoms with Crippen LogP contribution in [0.2, 0.25) is 0 Å². The summed E-state index contributed by atoms with van der Waals surface area (Å²) in [7, 11) is 0. The highest BCUT2D eigenvalue weighted by atomic mass is 16.5. The fraction of sp³-hybridized carbons (Fsp3) is 0.400. The van der Waals surface area contributed by atoms with E-state index in [1.54, 1.807) is 0 Å². The number of fused-ring (bicyclic) bond motifs is 1. The molecule has 0 aliphatic heterocycles. The number of nitrogens with zero attached hydrogens (tertiary/aromatic N) is 1. The highest BCUT2D eigenvalue weighted by molar-refractivity contribution is 5.81. The minimum Gasteiger partial charge on any atom is -0.377 e. The largest absolute Gasteiger partial charge is 0.377 e. The zero-order chi connectivity index (χ0) is 13.0. The maximum absolute atomic E-state index is 5.50. The van der Waals surface area contributed by atoms with Crippen molar-refractivity contribution in [1.29, 1.82) is 0 Å². The van der Waals surface area contributed by atoms with Crippen molar-refractivity contribution in [3.8, 4) is 0 Å². The molecule has 1 aromatic heterocycles. The van der Waals surface area contributed by atoms with Gasteiger partial charge in [0.25, 0.3) is 0 Å². The van der Waals surface area contributed by atoms with Crippen molar-refractivity contribution in [1.82, 2.24) is 4.98 Å². The molecule has 96 valence electrons. The number of pyridine rings is 1. The number of benzene rings is 1. The third-order valence-corrected chi connectivity index (χ3v) is 2.92. The van der Waals surface area contributed by atoms with Gasteiger partial charge in [-0.25, -0.2) is 4.98 Å². The van der Waals surface area contributed by atoms with Crippen molar-refractivity contribution in [2.24, 2.45) is 0 Å². The van der Waals surface area contributed by atoms with Crippen LogP contribution in [0.25, 0.3) is 10.9 Å². The molecular formula is C15H20N2O. The van der Waals surface area contributed by atoms with Gasteiger partial charge in [-0.2, -0.15) is 0 Å². The molecular weight excluding hydrogens is 224 g/mol. The molecule has 3 nitrogen and oxygen atoms in total. The Labute approximate surface area is 108 Å². The van der Waals surface area contributed by atoms with Gasteiger partial charge in [-0.3, -0.25) is 0 Å². The summed E-state index contributed by atoms with van der Waals surface area (Å²) >= 11 is 0. The second-order valence-electron chi connectivity index (χ2n) is 4.49. The smallest absolute Gasteiger partial charge is 0.129 e. The molecule has 2 rings (SSSR count). The number of aromatic nitrogens is 1. The summed E-state index contributed by atoms with van der Waals surface area (Å²) in [6, 6.07) is 10.3. The van der Waals surface area contributed by atoms with E-state index in [0.29, 0.717) is 0 Å². The molecule has 1 atom stereocenters. The molecule has 0 bridgehead atoms. The molecule has 3 heteroatoms. The van der Waals surface area contributed by atoms with Gasteiger partial charge in [0.05, 0.1) is 11.6 Å². The van der Waals surface area contributed by atoms with E-state index < -0.39 is 0 Å². The third kappa shape index (κ3) is 2.99. The molecule has 18 heavy (non-hydrogen) atoms. The van der Waals surface area contributed by atoms with Crippen LogP contribution in [0.1, 0.15) is 19.4 Å². The van der Waals surface area contributed by atoms with Crippen LogP contribution in [0.4, 0.5) is 5.82 Å². The number of hydrogen-bond donors (Lipinski definition) is 1. The van der Waals surface area contributed by atoms with Gasteiger partial charge in [0.1, 0.15) is 5.82 Å². The van der Waals surface area contributed by atoms with Gasteiger partial charge in [-0.05, 0) is 38.5 Å². The lowest BCUT2D eigenvalue weighted by Gasteiger charge is -2.14. The minimum absolute atomic E-state index is 0.197. The fourth-order valence-corrected chi connectivity index (χ4v) is 1.98. The van der Waals surface area contributed by atoms with Crippen LogP contribution >= 0.6 is 0 Å². The number of hydrogen-bond acceptors (Lipinski definition) is 3. The summed E-state index contributed by atoms with van der Waals surface area (Å²) in [6.07, 6.45) is 0.197. The first kappa shape index (κ1) is 12.8. The zero-order valence-electron chi connectivity index (χ0n) is 11.2. The summed E-state index contributed by atoms with van der Waals surface area (Å²) in [5.41, 5.74) is 2.19. The number of anilines is 1. The molecule has 1 heterocycles. The normalized spacial score (nSPS) is 12.6. The van der Waals surface area contributed by atoms with Gasteiger partial charge < -0.3 is 10.1 Å². The average Bonchev–Trinajstić information content (AvgIpc) is 2.36. The topological polar surface area (TPSA) is 34.1 Å². The number of aryl methyl sites for hydroxylation is 1. The molecule has 0 amide bonds. The Morgan fingerprint density at radius 1 is 1.33 bits per heavy atom. The lowest BCUT2D eigenvalue weighted by molar-refractivity contribution is 0.0855. The van der Waals surface area contributed by atoms with Crippen molar-refractivity contribution in [2.75, 3.05) is 18.5 Å². The van der Waals surface area contributed by atoms with Crippen LogP contribution in [-0.2, 0) is 4.74 Å². The molecule has 0 saturated heterocycles. The minimum atomic E-state index is 0.197. The van der Waals surface area contributed by atoms with Crippen molar-refractivity contribution >= 4 is 16.7 Å². The highest BCUT2D eigenvalue weighted by Crippen LogP contribution is 2.19. The van der Waals surface area contributed by atoms with E-state index in [-0.39, 0.29) is 6.10 Å². The standard InChI is InChI=1S/C15H20N2O/c1-4-18-12(3)10-16-15-11(2)9-13-7-5-6-8-14(13)17-15/h5-9,12H,4,10H2,1-3H3,(H,16,17). The van der Waals surface area contributed by atoms with E-state index in [1.165, 1.54) is 5.39 Å². The van der Waals surface area contributed by atoms with E-state index in [4.69, 9.17) is 4.74 Å². The van der Waals surface area contributed by atoms with E-state index >= 15 is 0 Å². The molecule has 1 unspecified atom stereocenters. The summed E-state index contributed by atoms with van der Waals surface area (Å²) in [5, 5.41) is 4.53. The van der Waals surface area contributed by atoms with Crippen LogP contribution in [-0.4, -0.2) is 24.2 Å². The van der Waals surface area contributed by atoms with Crippen molar-refractivity contribution in [3.63, 3.8) is 0 Å². The maximum atomic E-state index is 5.50. The SMILES string of the molecule is CCOC(C)CNc1nc2ccccc2cc1C. The summed E-state index contributed by atoms with van der Waals surface area (Å²) in [5.74, 6) is 0.945. The number of rotatable bonds is 5. The number of ether oxygens (including phenoxy) is 1. The van der Waals surface area contributed by atoms with E-state index in [0.717, 1.165) is 30.0 Å². The Kier molecular flexibility index (Phi) is 4.15. The second-order valence-corrected chi connectivity index (χ2v) is 4.49. The lowest BCUT2D eigenvalue weighted by Crippen LogP contribution is -2.20. The summed E-state index contributed by atoms with van der Waals surface area (Å²) in [6.45, 7) is 7.67. The molecule has 0 radical (unpaired) electrons. The molecule has 0 spiro atoms. The van der Waals surface area contributed by atoms with Crippen molar-refractivity contribution in [2.45, 2.75) is 26.9 Å². The van der Waals surface area contributed by atoms with Crippen molar-refractivity contribution < 1.29 is 4.74 Å². The first-order valence-electron chi connectivity index (χ1n) is 6.42. The number of nitrogens with one attached hydrogen (secondary N) is 1. The molecule has 1 aromatic carbocycles. The Bertz CT molecular complexity index is 525. The van der Waals surface area contributed by atoms with E-state index in [1.807, 2.05) is 25.1 Å². The Morgan fingerprint density at radius 2 is 2.11 bits per heavy atom. The second kappa shape index (κ2) is 5.83. The molecule has 0 aliphatic rings. The van der Waals surface area contributed by atoms with E-state index in [2.05, 4.69) is 36.3 Å². The molecule has 0 saturated carbocycles. The first-order chi connectivity index (χ1) is 8.70. The fourth-order valence-electron chi connectivity index (χ4n) is 1.98. The highest BCUT2D eigenvalue weighted by Gasteiger charge is 2.05. The van der Waals surface area contributed by atoms with Gasteiger partial charge >= 0.3 is 0 Å². The van der Waals surface area contributed by atoms with Gasteiger partial charge in [-0.15, -0.1) is 0 Å². The molecule has 0 aliphatic carbocycles. The van der Waals surface area contributed by atoms with Gasteiger partial charge in [0.15, 0.2) is 0 Å². The van der Waals surface area contributed by atoms with Crippen LogP contribution in [0.15, 0.2) is 30.3 Å². The van der Waals surface area contributed by atoms with Gasteiger partial charge in [0.2, 0.25) is 0 Å². The molecule has 0 fully saturated rings. The van der Waals surface area contributed by atoms with Gasteiger partial charge in [0, 0.05) is 18.5 Å².